The summed E-state index contributed by atoms with van der Waals surface area (Å²) < 4.78 is 22.6. The minimum atomic E-state index is -3.78. The maximum absolute atomic E-state index is 12.1. The molecule has 110 valence electrons. The highest BCUT2D eigenvalue weighted by Gasteiger charge is 2.20. The zero-order chi connectivity index (χ0) is 14.8. The van der Waals surface area contributed by atoms with E-state index in [0.717, 1.165) is 24.3 Å². The standard InChI is InChI=1S/C14H20N2O3S/c1-10-4-7-12(20(15,18)19)9-13(10)14(17)16-8-2-3-11-5-6-11/h4,7,9,11H,2-3,5-6,8H2,1H3,(H,16,17)(H2,15,18,19). The third-order valence-electron chi connectivity index (χ3n) is 3.55. The van der Waals surface area contributed by atoms with Gasteiger partial charge in [-0.2, -0.15) is 0 Å². The summed E-state index contributed by atoms with van der Waals surface area (Å²) in [6.45, 7) is 2.39. The molecule has 6 heteroatoms. The topological polar surface area (TPSA) is 89.3 Å². The first-order valence-corrected chi connectivity index (χ1v) is 8.34. The van der Waals surface area contributed by atoms with Crippen LogP contribution >= 0.6 is 0 Å². The Morgan fingerprint density at radius 1 is 1.40 bits per heavy atom. The Labute approximate surface area is 119 Å². The van der Waals surface area contributed by atoms with Crippen molar-refractivity contribution in [3.8, 4) is 0 Å². The smallest absolute Gasteiger partial charge is 0.251 e. The molecule has 1 aromatic carbocycles. The zero-order valence-electron chi connectivity index (χ0n) is 11.6. The van der Waals surface area contributed by atoms with Crippen molar-refractivity contribution in [1.29, 1.82) is 0 Å². The summed E-state index contributed by atoms with van der Waals surface area (Å²) in [5, 5.41) is 7.91. The van der Waals surface area contributed by atoms with Crippen LogP contribution in [0.5, 0.6) is 0 Å². The van der Waals surface area contributed by atoms with Crippen LogP contribution in [0.2, 0.25) is 0 Å². The van der Waals surface area contributed by atoms with Gasteiger partial charge in [0.2, 0.25) is 10.0 Å². The summed E-state index contributed by atoms with van der Waals surface area (Å²) in [5.74, 6) is 0.600. The van der Waals surface area contributed by atoms with Crippen LogP contribution in [-0.4, -0.2) is 20.9 Å². The second kappa shape index (κ2) is 5.93. The fraction of sp³-hybridized carbons (Fsp3) is 0.500. The van der Waals surface area contributed by atoms with E-state index in [2.05, 4.69) is 5.32 Å². The number of hydrogen-bond donors (Lipinski definition) is 2. The highest BCUT2D eigenvalue weighted by atomic mass is 32.2. The van der Waals surface area contributed by atoms with Crippen LogP contribution in [0.15, 0.2) is 23.1 Å². The molecular weight excluding hydrogens is 276 g/mol. The normalized spacial score (nSPS) is 15.1. The molecule has 1 aromatic rings. The lowest BCUT2D eigenvalue weighted by atomic mass is 10.1. The molecule has 0 aromatic heterocycles. The van der Waals surface area contributed by atoms with Gasteiger partial charge in [-0.25, -0.2) is 13.6 Å². The summed E-state index contributed by atoms with van der Waals surface area (Å²) in [6, 6.07) is 4.34. The lowest BCUT2D eigenvalue weighted by Crippen LogP contribution is -2.25. The number of nitrogens with one attached hydrogen (secondary N) is 1. The van der Waals surface area contributed by atoms with E-state index in [1.165, 1.54) is 25.0 Å². The molecule has 0 saturated heterocycles. The van der Waals surface area contributed by atoms with Gasteiger partial charge >= 0.3 is 0 Å². The van der Waals surface area contributed by atoms with Gasteiger partial charge in [-0.15, -0.1) is 0 Å². The molecule has 3 N–H and O–H groups in total. The predicted molar refractivity (Wildman–Crippen MR) is 76.8 cm³/mol. The third-order valence-corrected chi connectivity index (χ3v) is 4.46. The van der Waals surface area contributed by atoms with Crippen LogP contribution in [0, 0.1) is 12.8 Å². The van der Waals surface area contributed by atoms with Crippen molar-refractivity contribution in [1.82, 2.24) is 5.32 Å². The summed E-state index contributed by atoms with van der Waals surface area (Å²) >= 11 is 0. The first-order chi connectivity index (χ1) is 9.38. The molecule has 0 spiro atoms. The van der Waals surface area contributed by atoms with E-state index in [1.54, 1.807) is 13.0 Å². The van der Waals surface area contributed by atoms with E-state index < -0.39 is 10.0 Å². The average Bonchev–Trinajstić information content (AvgIpc) is 3.17. The molecule has 20 heavy (non-hydrogen) atoms. The summed E-state index contributed by atoms with van der Waals surface area (Å²) in [7, 11) is -3.78. The maximum Gasteiger partial charge on any atom is 0.251 e. The van der Waals surface area contributed by atoms with Gasteiger partial charge in [-0.05, 0) is 43.4 Å². The Bertz CT molecular complexity index is 607. The number of primary sulfonamides is 1. The number of sulfonamides is 1. The van der Waals surface area contributed by atoms with Crippen molar-refractivity contribution >= 4 is 15.9 Å². The van der Waals surface area contributed by atoms with Gasteiger partial charge in [-0.3, -0.25) is 4.79 Å². The Hall–Kier alpha value is -1.40. The molecule has 0 aliphatic heterocycles. The lowest BCUT2D eigenvalue weighted by Gasteiger charge is -2.09. The lowest BCUT2D eigenvalue weighted by molar-refractivity contribution is 0.0952. The largest absolute Gasteiger partial charge is 0.352 e. The van der Waals surface area contributed by atoms with E-state index in [9.17, 15) is 13.2 Å². The third kappa shape index (κ3) is 4.05. The maximum atomic E-state index is 12.1. The molecule has 1 saturated carbocycles. The van der Waals surface area contributed by atoms with Crippen LogP contribution in [-0.2, 0) is 10.0 Å². The van der Waals surface area contributed by atoms with Crippen molar-refractivity contribution in [3.05, 3.63) is 29.3 Å². The van der Waals surface area contributed by atoms with E-state index >= 15 is 0 Å². The monoisotopic (exact) mass is 296 g/mol. The van der Waals surface area contributed by atoms with Gasteiger partial charge in [0, 0.05) is 12.1 Å². The minimum Gasteiger partial charge on any atom is -0.352 e. The number of carbonyl (C=O) groups is 1. The van der Waals surface area contributed by atoms with Gasteiger partial charge in [0.05, 0.1) is 4.90 Å². The molecule has 1 aliphatic rings. The molecule has 1 aliphatic carbocycles. The van der Waals surface area contributed by atoms with Gasteiger partial charge < -0.3 is 5.32 Å². The van der Waals surface area contributed by atoms with Crippen LogP contribution in [0.1, 0.15) is 41.6 Å². The number of hydrogen-bond acceptors (Lipinski definition) is 3. The van der Waals surface area contributed by atoms with Gasteiger partial charge in [0.25, 0.3) is 5.91 Å². The summed E-state index contributed by atoms with van der Waals surface area (Å²) in [4.78, 5) is 12.0. The second-order valence-corrected chi connectivity index (χ2v) is 6.92. The quantitative estimate of drug-likeness (QED) is 0.781. The second-order valence-electron chi connectivity index (χ2n) is 5.36. The Morgan fingerprint density at radius 2 is 2.10 bits per heavy atom. The summed E-state index contributed by atoms with van der Waals surface area (Å²) in [6.07, 6.45) is 4.73. The molecule has 0 unspecified atom stereocenters. The van der Waals surface area contributed by atoms with Crippen molar-refractivity contribution in [3.63, 3.8) is 0 Å². The van der Waals surface area contributed by atoms with Gasteiger partial charge in [0.15, 0.2) is 0 Å². The number of aryl methyl sites for hydroxylation is 1. The SMILES string of the molecule is Cc1ccc(S(N)(=O)=O)cc1C(=O)NCCCC1CC1. The van der Waals surface area contributed by atoms with Crippen LogP contribution in [0.3, 0.4) is 0 Å². The number of carbonyl (C=O) groups excluding carboxylic acids is 1. The molecular formula is C14H20N2O3S. The molecule has 5 nitrogen and oxygen atoms in total. The predicted octanol–water partition coefficient (Wildman–Crippen LogP) is 1.56. The molecule has 1 amide bonds. The number of rotatable bonds is 6. The van der Waals surface area contributed by atoms with E-state index in [4.69, 9.17) is 5.14 Å². The molecule has 0 bridgehead atoms. The first-order valence-electron chi connectivity index (χ1n) is 6.79. The Kier molecular flexibility index (Phi) is 4.45. The molecule has 0 heterocycles. The number of nitrogens with two attached hydrogens (primary N) is 1. The van der Waals surface area contributed by atoms with Crippen molar-refractivity contribution in [2.45, 2.75) is 37.5 Å². The van der Waals surface area contributed by atoms with Crippen LogP contribution < -0.4 is 10.5 Å². The highest BCUT2D eigenvalue weighted by molar-refractivity contribution is 7.89. The Morgan fingerprint density at radius 3 is 2.70 bits per heavy atom. The number of benzene rings is 1. The molecule has 1 fully saturated rings. The van der Waals surface area contributed by atoms with Crippen molar-refractivity contribution in [2.75, 3.05) is 6.54 Å². The Balaban J connectivity index is 2.00. The first kappa shape index (κ1) is 15.0. The summed E-state index contributed by atoms with van der Waals surface area (Å²) in [5.41, 5.74) is 1.10. The van der Waals surface area contributed by atoms with Gasteiger partial charge in [0.1, 0.15) is 0 Å². The fourth-order valence-corrected chi connectivity index (χ4v) is 2.66. The van der Waals surface area contributed by atoms with Gasteiger partial charge in [-0.1, -0.05) is 18.9 Å². The molecule has 0 atom stereocenters. The average molecular weight is 296 g/mol. The van der Waals surface area contributed by atoms with Crippen LogP contribution in [0.4, 0.5) is 0 Å². The van der Waals surface area contributed by atoms with Crippen molar-refractivity contribution in [2.24, 2.45) is 11.1 Å². The van der Waals surface area contributed by atoms with Crippen LogP contribution in [0.25, 0.3) is 0 Å². The minimum absolute atomic E-state index is 0.0359. The van der Waals surface area contributed by atoms with Crippen molar-refractivity contribution < 1.29 is 13.2 Å². The van der Waals surface area contributed by atoms with E-state index in [1.807, 2.05) is 0 Å². The molecule has 2 rings (SSSR count). The highest BCUT2D eigenvalue weighted by Crippen LogP contribution is 2.33. The zero-order valence-corrected chi connectivity index (χ0v) is 12.4. The molecule has 0 radical (unpaired) electrons. The fourth-order valence-electron chi connectivity index (χ4n) is 2.12. The number of amides is 1. The van der Waals surface area contributed by atoms with E-state index in [0.29, 0.717) is 12.1 Å². The van der Waals surface area contributed by atoms with E-state index in [-0.39, 0.29) is 10.8 Å².